The van der Waals surface area contributed by atoms with E-state index >= 15 is 0 Å². The first-order chi connectivity index (χ1) is 31.5. The molecule has 1 aliphatic rings. The number of ether oxygens (including phenoxy) is 1. The van der Waals surface area contributed by atoms with Crippen molar-refractivity contribution in [2.45, 2.75) is 12.5 Å². The molecular weight excluding hydrogens is 783 g/mol. The van der Waals surface area contributed by atoms with Crippen LogP contribution in [0, 0.1) is 0 Å². The van der Waals surface area contributed by atoms with Gasteiger partial charge in [-0.25, -0.2) is 15.0 Å². The highest BCUT2D eigenvalue weighted by molar-refractivity contribution is 6.07. The van der Waals surface area contributed by atoms with Gasteiger partial charge in [0.25, 0.3) is 0 Å². The van der Waals surface area contributed by atoms with E-state index in [0.717, 1.165) is 83.3 Å². The second kappa shape index (κ2) is 15.2. The van der Waals surface area contributed by atoms with Gasteiger partial charge in [0.2, 0.25) is 0 Å². The number of fused-ring (bicyclic) bond motifs is 6. The molecule has 0 spiro atoms. The third kappa shape index (κ3) is 6.54. The van der Waals surface area contributed by atoms with Gasteiger partial charge in [-0.3, -0.25) is 0 Å². The molecule has 11 aromatic rings. The number of nitrogens with zero attached hydrogens (tertiary/aromatic N) is 3. The minimum Gasteiger partial charge on any atom is -0.477 e. The Morgan fingerprint density at radius 2 is 0.812 bits per heavy atom. The summed E-state index contributed by atoms with van der Waals surface area (Å²) in [6, 6.07) is 75.9. The Hall–Kier alpha value is -8.41. The maximum atomic E-state index is 7.08. The summed E-state index contributed by atoms with van der Waals surface area (Å²) in [5.41, 5.74) is 15.0. The Morgan fingerprint density at radius 1 is 0.344 bits per heavy atom. The summed E-state index contributed by atoms with van der Waals surface area (Å²) in [5.74, 6) is 2.77. The molecule has 12 rings (SSSR count). The molecule has 0 fully saturated rings. The first-order valence-electron chi connectivity index (χ1n) is 21.6. The lowest BCUT2D eigenvalue weighted by Gasteiger charge is -2.38. The normalized spacial score (nSPS) is 14.2. The van der Waals surface area contributed by atoms with Gasteiger partial charge in [-0.1, -0.05) is 182 Å². The highest BCUT2D eigenvalue weighted by atomic mass is 16.5. The van der Waals surface area contributed by atoms with Crippen molar-refractivity contribution in [1.82, 2.24) is 15.0 Å². The number of furan rings is 1. The highest BCUT2D eigenvalue weighted by Crippen LogP contribution is 2.50. The molecule has 2 aromatic heterocycles. The smallest absolute Gasteiger partial charge is 0.164 e. The van der Waals surface area contributed by atoms with E-state index in [1.807, 2.05) is 60.7 Å². The van der Waals surface area contributed by atoms with Crippen LogP contribution in [0.15, 0.2) is 223 Å². The Labute approximate surface area is 371 Å². The standard InChI is InChI=1S/C59H39N3O2/c1-59(47-20-12-5-13-21-47)52-32-28-43(38-14-6-2-7-15-38)34-50(52)48-30-26-46(37-55(48)64-59)45-27-31-49-51-35-44(29-33-53(51)63-54(49)36-45)39-22-24-42(25-23-39)58-61-56(40-16-8-3-9-17-40)60-57(62-58)41-18-10-4-11-19-41/h2-37H,1H3. The van der Waals surface area contributed by atoms with Crippen LogP contribution in [-0.4, -0.2) is 15.0 Å². The predicted octanol–water partition coefficient (Wildman–Crippen LogP) is 15.1. The van der Waals surface area contributed by atoms with Gasteiger partial charge < -0.3 is 9.15 Å². The topological polar surface area (TPSA) is 61.0 Å². The molecule has 1 unspecified atom stereocenters. The lowest BCUT2D eigenvalue weighted by atomic mass is 9.79. The molecule has 0 N–H and O–H groups in total. The van der Waals surface area contributed by atoms with Crippen LogP contribution in [0.3, 0.4) is 0 Å². The Kier molecular flexibility index (Phi) is 8.87. The molecule has 0 aliphatic carbocycles. The molecule has 0 bridgehead atoms. The maximum Gasteiger partial charge on any atom is 0.164 e. The van der Waals surface area contributed by atoms with Crippen LogP contribution in [0.5, 0.6) is 5.75 Å². The molecule has 64 heavy (non-hydrogen) atoms. The van der Waals surface area contributed by atoms with Gasteiger partial charge in [-0.2, -0.15) is 0 Å². The van der Waals surface area contributed by atoms with E-state index in [0.29, 0.717) is 17.5 Å². The summed E-state index contributed by atoms with van der Waals surface area (Å²) in [5, 5.41) is 2.14. The van der Waals surface area contributed by atoms with E-state index < -0.39 is 5.60 Å². The van der Waals surface area contributed by atoms with E-state index in [2.05, 4.69) is 165 Å². The fraction of sp³-hybridized carbons (Fsp3) is 0.0339. The van der Waals surface area contributed by atoms with Crippen molar-refractivity contribution in [2.24, 2.45) is 0 Å². The molecule has 5 heteroatoms. The van der Waals surface area contributed by atoms with Crippen molar-refractivity contribution in [3.63, 3.8) is 0 Å². The Balaban J connectivity index is 0.874. The van der Waals surface area contributed by atoms with Gasteiger partial charge in [-0.05, 0) is 87.8 Å². The number of benzene rings is 9. The van der Waals surface area contributed by atoms with Gasteiger partial charge in [0, 0.05) is 38.6 Å². The SMILES string of the molecule is CC1(c2ccccc2)Oc2cc(-c3ccc4c(c3)oc3ccc(-c5ccc(-c6nc(-c7ccccc7)nc(-c7ccccc7)n6)cc5)cc34)ccc2-c2cc(-c3ccccc3)ccc21. The monoisotopic (exact) mass is 821 g/mol. The quantitative estimate of drug-likeness (QED) is 0.160. The molecule has 0 radical (unpaired) electrons. The van der Waals surface area contributed by atoms with Crippen LogP contribution in [0.25, 0.3) is 101 Å². The van der Waals surface area contributed by atoms with Crippen LogP contribution in [0.4, 0.5) is 0 Å². The molecule has 5 nitrogen and oxygen atoms in total. The van der Waals surface area contributed by atoms with Crippen LogP contribution >= 0.6 is 0 Å². The summed E-state index contributed by atoms with van der Waals surface area (Å²) >= 11 is 0. The first-order valence-corrected chi connectivity index (χ1v) is 21.6. The zero-order chi connectivity index (χ0) is 42.6. The molecule has 0 saturated carbocycles. The molecule has 0 saturated heterocycles. The Morgan fingerprint density at radius 3 is 1.47 bits per heavy atom. The Bertz CT molecular complexity index is 3460. The van der Waals surface area contributed by atoms with Gasteiger partial charge >= 0.3 is 0 Å². The maximum absolute atomic E-state index is 7.08. The van der Waals surface area contributed by atoms with Gasteiger partial charge in [0.05, 0.1) is 0 Å². The predicted molar refractivity (Wildman–Crippen MR) is 259 cm³/mol. The van der Waals surface area contributed by atoms with Crippen molar-refractivity contribution in [3.8, 4) is 84.4 Å². The second-order valence-electron chi connectivity index (χ2n) is 16.5. The summed E-state index contributed by atoms with van der Waals surface area (Å²) in [4.78, 5) is 14.7. The van der Waals surface area contributed by atoms with Gasteiger partial charge in [0.15, 0.2) is 23.1 Å². The number of hydrogen-bond donors (Lipinski definition) is 0. The van der Waals surface area contributed by atoms with E-state index in [9.17, 15) is 0 Å². The van der Waals surface area contributed by atoms with E-state index in [1.54, 1.807) is 0 Å². The highest BCUT2D eigenvalue weighted by Gasteiger charge is 2.38. The molecule has 1 atom stereocenters. The number of hydrogen-bond acceptors (Lipinski definition) is 5. The second-order valence-corrected chi connectivity index (χ2v) is 16.5. The zero-order valence-electron chi connectivity index (χ0n) is 34.9. The van der Waals surface area contributed by atoms with E-state index in [4.69, 9.17) is 24.1 Å². The fourth-order valence-corrected chi connectivity index (χ4v) is 9.13. The molecule has 3 heterocycles. The number of rotatable bonds is 7. The third-order valence-electron chi connectivity index (χ3n) is 12.5. The third-order valence-corrected chi connectivity index (χ3v) is 12.5. The number of aromatic nitrogens is 3. The summed E-state index contributed by atoms with van der Waals surface area (Å²) in [7, 11) is 0. The molecule has 1 aliphatic heterocycles. The van der Waals surface area contributed by atoms with Gasteiger partial charge in [0.1, 0.15) is 16.9 Å². The van der Waals surface area contributed by atoms with E-state index in [-0.39, 0.29) is 0 Å². The first kappa shape index (κ1) is 37.4. The van der Waals surface area contributed by atoms with Crippen LogP contribution < -0.4 is 4.74 Å². The van der Waals surface area contributed by atoms with Crippen molar-refractivity contribution in [2.75, 3.05) is 0 Å². The van der Waals surface area contributed by atoms with Crippen LogP contribution in [0.2, 0.25) is 0 Å². The summed E-state index contributed by atoms with van der Waals surface area (Å²) < 4.78 is 13.6. The van der Waals surface area contributed by atoms with Crippen LogP contribution in [-0.2, 0) is 5.60 Å². The zero-order valence-corrected chi connectivity index (χ0v) is 34.9. The molecule has 302 valence electrons. The summed E-state index contributed by atoms with van der Waals surface area (Å²) in [6.07, 6.45) is 0. The van der Waals surface area contributed by atoms with E-state index in [1.165, 1.54) is 16.7 Å². The molecule has 9 aromatic carbocycles. The molecular formula is C59H39N3O2. The summed E-state index contributed by atoms with van der Waals surface area (Å²) in [6.45, 7) is 2.18. The lowest BCUT2D eigenvalue weighted by molar-refractivity contribution is 0.129. The van der Waals surface area contributed by atoms with Crippen molar-refractivity contribution in [3.05, 3.63) is 230 Å². The lowest BCUT2D eigenvalue weighted by Crippen LogP contribution is -2.34. The largest absolute Gasteiger partial charge is 0.477 e. The van der Waals surface area contributed by atoms with Crippen molar-refractivity contribution < 1.29 is 9.15 Å². The van der Waals surface area contributed by atoms with Gasteiger partial charge in [-0.15, -0.1) is 0 Å². The molecule has 0 amide bonds. The average molecular weight is 822 g/mol. The minimum absolute atomic E-state index is 0.629. The van der Waals surface area contributed by atoms with Crippen molar-refractivity contribution in [1.29, 1.82) is 0 Å². The van der Waals surface area contributed by atoms with Crippen LogP contribution in [0.1, 0.15) is 18.1 Å². The minimum atomic E-state index is -0.678. The van der Waals surface area contributed by atoms with Crippen molar-refractivity contribution >= 4 is 21.9 Å². The average Bonchev–Trinajstić information content (AvgIpc) is 3.74. The fourth-order valence-electron chi connectivity index (χ4n) is 9.13.